The first-order valence-electron chi connectivity index (χ1n) is 5.87. The number of halogens is 2. The number of anilines is 1. The summed E-state index contributed by atoms with van der Waals surface area (Å²) in [4.78, 5) is 7.81. The van der Waals surface area contributed by atoms with Gasteiger partial charge in [-0.05, 0) is 32.0 Å². The van der Waals surface area contributed by atoms with Crippen molar-refractivity contribution in [2.75, 3.05) is 5.73 Å². The van der Waals surface area contributed by atoms with E-state index in [9.17, 15) is 4.39 Å². The molecule has 0 bridgehead atoms. The second-order valence-electron chi connectivity index (χ2n) is 4.24. The van der Waals surface area contributed by atoms with Gasteiger partial charge in [0.2, 0.25) is 11.8 Å². The Hall–Kier alpha value is -1.89. The summed E-state index contributed by atoms with van der Waals surface area (Å²) in [6.45, 7) is 3.69. The zero-order valence-electron chi connectivity index (χ0n) is 10.9. The first-order valence-corrected chi connectivity index (χ1v) is 6.66. The molecule has 20 heavy (non-hydrogen) atoms. The van der Waals surface area contributed by atoms with Crippen LogP contribution in [-0.2, 0) is 0 Å². The van der Waals surface area contributed by atoms with E-state index in [4.69, 9.17) is 15.2 Å². The van der Waals surface area contributed by atoms with Crippen LogP contribution in [0.5, 0.6) is 17.5 Å². The van der Waals surface area contributed by atoms with E-state index in [2.05, 4.69) is 25.9 Å². The van der Waals surface area contributed by atoms with E-state index < -0.39 is 5.82 Å². The van der Waals surface area contributed by atoms with E-state index in [1.807, 2.05) is 13.8 Å². The Morgan fingerprint density at radius 1 is 1.25 bits per heavy atom. The summed E-state index contributed by atoms with van der Waals surface area (Å²) in [6, 6.07) is 4.42. The normalized spacial score (nSPS) is 10.7. The van der Waals surface area contributed by atoms with Gasteiger partial charge in [0, 0.05) is 4.47 Å². The van der Waals surface area contributed by atoms with E-state index in [-0.39, 0.29) is 29.3 Å². The molecule has 0 aliphatic rings. The molecule has 0 fully saturated rings. The van der Waals surface area contributed by atoms with Gasteiger partial charge in [0.1, 0.15) is 6.33 Å². The third kappa shape index (κ3) is 3.36. The molecule has 106 valence electrons. The predicted molar refractivity (Wildman–Crippen MR) is 76.4 cm³/mol. The molecule has 0 atom stereocenters. The Labute approximate surface area is 124 Å². The number of aromatic nitrogens is 2. The fourth-order valence-electron chi connectivity index (χ4n) is 1.42. The number of hydrogen-bond acceptors (Lipinski definition) is 5. The van der Waals surface area contributed by atoms with Gasteiger partial charge in [-0.25, -0.2) is 4.39 Å². The molecule has 2 aromatic rings. The third-order valence-corrected chi connectivity index (χ3v) is 2.75. The van der Waals surface area contributed by atoms with Crippen LogP contribution in [0.25, 0.3) is 0 Å². The quantitative estimate of drug-likeness (QED) is 0.920. The van der Waals surface area contributed by atoms with Crippen LogP contribution < -0.4 is 15.2 Å². The minimum atomic E-state index is -0.524. The lowest BCUT2D eigenvalue weighted by molar-refractivity contribution is 0.232. The summed E-state index contributed by atoms with van der Waals surface area (Å²) in [5, 5.41) is 0. The molecule has 5 nitrogen and oxygen atoms in total. The fraction of sp³-hybridized carbons (Fsp3) is 0.231. The van der Waals surface area contributed by atoms with Crippen molar-refractivity contribution in [3.8, 4) is 17.5 Å². The molecule has 0 amide bonds. The van der Waals surface area contributed by atoms with E-state index >= 15 is 0 Å². The molecule has 0 radical (unpaired) electrons. The average Bonchev–Trinajstić information content (AvgIpc) is 2.36. The van der Waals surface area contributed by atoms with Gasteiger partial charge in [0.25, 0.3) is 0 Å². The number of rotatable bonds is 4. The Balaban J connectivity index is 2.29. The number of hydrogen-bond donors (Lipinski definition) is 1. The maximum absolute atomic E-state index is 13.7. The standard InChI is InChI=1S/C13H13BrFN3O2/c1-7(2)19-12-11(16)13(18-6-17-12)20-10-4-3-8(14)5-9(10)15/h3-7H,16H2,1-2H3. The van der Waals surface area contributed by atoms with Crippen LogP contribution in [0, 0.1) is 5.82 Å². The molecule has 2 rings (SSSR count). The number of nitrogen functional groups attached to an aromatic ring is 1. The zero-order chi connectivity index (χ0) is 14.7. The SMILES string of the molecule is CC(C)Oc1ncnc(Oc2ccc(Br)cc2F)c1N. The third-order valence-electron chi connectivity index (χ3n) is 2.26. The highest BCUT2D eigenvalue weighted by molar-refractivity contribution is 9.10. The maximum Gasteiger partial charge on any atom is 0.249 e. The van der Waals surface area contributed by atoms with Gasteiger partial charge < -0.3 is 15.2 Å². The molecule has 0 saturated heterocycles. The Morgan fingerprint density at radius 2 is 1.95 bits per heavy atom. The monoisotopic (exact) mass is 341 g/mol. The summed E-state index contributed by atoms with van der Waals surface area (Å²) >= 11 is 3.17. The summed E-state index contributed by atoms with van der Waals surface area (Å²) in [5.41, 5.74) is 5.98. The lowest BCUT2D eigenvalue weighted by Crippen LogP contribution is -2.10. The molecule has 1 aromatic heterocycles. The topological polar surface area (TPSA) is 70.3 Å². The van der Waals surface area contributed by atoms with Crippen molar-refractivity contribution in [1.82, 2.24) is 9.97 Å². The van der Waals surface area contributed by atoms with Gasteiger partial charge in [-0.1, -0.05) is 15.9 Å². The highest BCUT2D eigenvalue weighted by atomic mass is 79.9. The van der Waals surface area contributed by atoms with Crippen LogP contribution in [0.3, 0.4) is 0 Å². The van der Waals surface area contributed by atoms with Gasteiger partial charge in [0.05, 0.1) is 6.10 Å². The predicted octanol–water partition coefficient (Wildman–Crippen LogP) is 3.54. The Morgan fingerprint density at radius 3 is 2.60 bits per heavy atom. The Bertz CT molecular complexity index is 623. The number of ether oxygens (including phenoxy) is 2. The van der Waals surface area contributed by atoms with E-state index in [0.29, 0.717) is 4.47 Å². The van der Waals surface area contributed by atoms with Crippen molar-refractivity contribution >= 4 is 21.6 Å². The number of nitrogens with zero attached hydrogens (tertiary/aromatic N) is 2. The van der Waals surface area contributed by atoms with E-state index in [1.54, 1.807) is 6.07 Å². The zero-order valence-corrected chi connectivity index (χ0v) is 12.5. The maximum atomic E-state index is 13.7. The molecular formula is C13H13BrFN3O2. The molecule has 0 spiro atoms. The molecular weight excluding hydrogens is 329 g/mol. The van der Waals surface area contributed by atoms with Crippen molar-refractivity contribution < 1.29 is 13.9 Å². The van der Waals surface area contributed by atoms with Gasteiger partial charge in [-0.3, -0.25) is 0 Å². The average molecular weight is 342 g/mol. The molecule has 1 aromatic carbocycles. The molecule has 1 heterocycles. The van der Waals surface area contributed by atoms with Crippen LogP contribution >= 0.6 is 15.9 Å². The molecule has 7 heteroatoms. The van der Waals surface area contributed by atoms with Crippen molar-refractivity contribution in [3.63, 3.8) is 0 Å². The van der Waals surface area contributed by atoms with Gasteiger partial charge in [-0.2, -0.15) is 9.97 Å². The van der Waals surface area contributed by atoms with Crippen molar-refractivity contribution in [2.24, 2.45) is 0 Å². The van der Waals surface area contributed by atoms with Crippen molar-refractivity contribution in [3.05, 3.63) is 34.8 Å². The summed E-state index contributed by atoms with van der Waals surface area (Å²) in [7, 11) is 0. The van der Waals surface area contributed by atoms with Crippen molar-refractivity contribution in [1.29, 1.82) is 0 Å². The first kappa shape index (κ1) is 14.5. The smallest absolute Gasteiger partial charge is 0.249 e. The minimum absolute atomic E-state index is 0.0223. The molecule has 0 aliphatic heterocycles. The second kappa shape index (κ2) is 6.04. The van der Waals surface area contributed by atoms with E-state index in [0.717, 1.165) is 0 Å². The molecule has 0 aliphatic carbocycles. The fourth-order valence-corrected chi connectivity index (χ4v) is 1.76. The first-order chi connectivity index (χ1) is 9.47. The summed E-state index contributed by atoms with van der Waals surface area (Å²) < 4.78 is 25.1. The van der Waals surface area contributed by atoms with Crippen LogP contribution in [0.4, 0.5) is 10.1 Å². The lowest BCUT2D eigenvalue weighted by atomic mass is 10.3. The molecule has 0 unspecified atom stereocenters. The summed E-state index contributed by atoms with van der Waals surface area (Å²) in [5.74, 6) is -0.239. The number of benzene rings is 1. The summed E-state index contributed by atoms with van der Waals surface area (Å²) in [6.07, 6.45) is 1.16. The van der Waals surface area contributed by atoms with Gasteiger partial charge >= 0.3 is 0 Å². The van der Waals surface area contributed by atoms with Crippen LogP contribution in [0.2, 0.25) is 0 Å². The Kier molecular flexibility index (Phi) is 4.39. The van der Waals surface area contributed by atoms with Crippen LogP contribution in [0.1, 0.15) is 13.8 Å². The lowest BCUT2D eigenvalue weighted by Gasteiger charge is -2.13. The second-order valence-corrected chi connectivity index (χ2v) is 5.16. The minimum Gasteiger partial charge on any atom is -0.473 e. The van der Waals surface area contributed by atoms with Gasteiger partial charge in [-0.15, -0.1) is 0 Å². The van der Waals surface area contributed by atoms with Gasteiger partial charge in [0.15, 0.2) is 17.3 Å². The van der Waals surface area contributed by atoms with Crippen LogP contribution in [0.15, 0.2) is 29.0 Å². The van der Waals surface area contributed by atoms with E-state index in [1.165, 1.54) is 18.5 Å². The number of nitrogens with two attached hydrogens (primary N) is 1. The van der Waals surface area contributed by atoms with Crippen molar-refractivity contribution in [2.45, 2.75) is 20.0 Å². The largest absolute Gasteiger partial charge is 0.473 e. The van der Waals surface area contributed by atoms with Crippen LogP contribution in [-0.4, -0.2) is 16.1 Å². The molecule has 0 saturated carbocycles. The highest BCUT2D eigenvalue weighted by Gasteiger charge is 2.14. The highest BCUT2D eigenvalue weighted by Crippen LogP contribution is 2.32. The molecule has 2 N–H and O–H groups in total.